The smallest absolute Gasteiger partial charge is 0.161 e. The minimum absolute atomic E-state index is 0.171. The van der Waals surface area contributed by atoms with Gasteiger partial charge in [-0.05, 0) is 30.9 Å². The van der Waals surface area contributed by atoms with Crippen LogP contribution in [-0.2, 0) is 0 Å². The first-order valence-electron chi connectivity index (χ1n) is 7.27. The van der Waals surface area contributed by atoms with Gasteiger partial charge in [-0.15, -0.1) is 11.6 Å². The molecule has 1 aliphatic carbocycles. The molecule has 2 rings (SSSR count). The number of halogens is 1. The fraction of sp³-hybridized carbons (Fsp3) is 0.625. The van der Waals surface area contributed by atoms with Crippen molar-refractivity contribution in [3.8, 4) is 11.5 Å². The lowest BCUT2D eigenvalue weighted by atomic mass is 9.67. The zero-order valence-electron chi connectivity index (χ0n) is 12.5. The van der Waals surface area contributed by atoms with E-state index in [2.05, 4.69) is 19.2 Å². The van der Waals surface area contributed by atoms with E-state index in [0.29, 0.717) is 19.3 Å². The number of rotatable bonds is 7. The molecular weight excluding hydrogens is 274 g/mol. The van der Waals surface area contributed by atoms with Gasteiger partial charge in [0.15, 0.2) is 11.5 Å². The van der Waals surface area contributed by atoms with E-state index in [9.17, 15) is 0 Å². The molecule has 1 aromatic carbocycles. The third-order valence-electron chi connectivity index (χ3n) is 4.05. The predicted octanol–water partition coefficient (Wildman–Crippen LogP) is 3.46. The van der Waals surface area contributed by atoms with Gasteiger partial charge in [0.2, 0.25) is 0 Å². The molecule has 1 aromatic rings. The van der Waals surface area contributed by atoms with E-state index in [1.807, 2.05) is 31.2 Å². The Kier molecular flexibility index (Phi) is 5.17. The third kappa shape index (κ3) is 3.39. The quantitative estimate of drug-likeness (QED) is 0.617. The molecular formula is C16H24ClNO2. The highest BCUT2D eigenvalue weighted by Crippen LogP contribution is 2.44. The first-order valence-corrected chi connectivity index (χ1v) is 7.71. The summed E-state index contributed by atoms with van der Waals surface area (Å²) in [4.78, 5) is 0. The number of hydrogen-bond acceptors (Lipinski definition) is 3. The molecule has 0 saturated heterocycles. The number of para-hydroxylation sites is 2. The number of benzene rings is 1. The van der Waals surface area contributed by atoms with Crippen molar-refractivity contribution < 1.29 is 9.47 Å². The maximum Gasteiger partial charge on any atom is 0.161 e. The predicted molar refractivity (Wildman–Crippen MR) is 82.9 cm³/mol. The summed E-state index contributed by atoms with van der Waals surface area (Å²) in [6, 6.07) is 8.26. The van der Waals surface area contributed by atoms with E-state index < -0.39 is 0 Å². The second-order valence-electron chi connectivity index (χ2n) is 5.76. The highest BCUT2D eigenvalue weighted by molar-refractivity contribution is 6.21. The van der Waals surface area contributed by atoms with Crippen LogP contribution in [0.3, 0.4) is 0 Å². The van der Waals surface area contributed by atoms with Gasteiger partial charge >= 0.3 is 0 Å². The normalized spacial score (nSPS) is 24.0. The van der Waals surface area contributed by atoms with E-state index in [-0.39, 0.29) is 10.8 Å². The summed E-state index contributed by atoms with van der Waals surface area (Å²) in [7, 11) is 0. The van der Waals surface area contributed by atoms with Crippen LogP contribution >= 0.6 is 11.6 Å². The number of nitrogens with one attached hydrogen (secondary N) is 1. The van der Waals surface area contributed by atoms with E-state index in [1.165, 1.54) is 0 Å². The molecule has 1 fully saturated rings. The van der Waals surface area contributed by atoms with Gasteiger partial charge in [-0.3, -0.25) is 0 Å². The Bertz CT molecular complexity index is 436. The van der Waals surface area contributed by atoms with E-state index in [4.69, 9.17) is 21.1 Å². The van der Waals surface area contributed by atoms with Crippen LogP contribution in [0.2, 0.25) is 0 Å². The van der Waals surface area contributed by atoms with Gasteiger partial charge < -0.3 is 14.8 Å². The zero-order valence-corrected chi connectivity index (χ0v) is 13.2. The summed E-state index contributed by atoms with van der Waals surface area (Å²) in [5.74, 6) is 1.61. The van der Waals surface area contributed by atoms with Gasteiger partial charge in [0.1, 0.15) is 6.61 Å². The molecule has 2 unspecified atom stereocenters. The molecule has 20 heavy (non-hydrogen) atoms. The molecule has 0 amide bonds. The molecule has 112 valence electrons. The van der Waals surface area contributed by atoms with Crippen LogP contribution in [0.4, 0.5) is 0 Å². The van der Waals surface area contributed by atoms with Gasteiger partial charge in [-0.25, -0.2) is 0 Å². The van der Waals surface area contributed by atoms with E-state index in [1.54, 1.807) is 0 Å². The zero-order chi connectivity index (χ0) is 14.6. The molecule has 0 bridgehead atoms. The van der Waals surface area contributed by atoms with Crippen LogP contribution < -0.4 is 14.8 Å². The maximum absolute atomic E-state index is 6.21. The Balaban J connectivity index is 1.74. The second-order valence-corrected chi connectivity index (χ2v) is 6.29. The molecule has 3 nitrogen and oxygen atoms in total. The summed E-state index contributed by atoms with van der Waals surface area (Å²) in [5, 5.41) is 3.79. The van der Waals surface area contributed by atoms with Crippen molar-refractivity contribution in [2.75, 3.05) is 19.8 Å². The van der Waals surface area contributed by atoms with E-state index >= 15 is 0 Å². The Morgan fingerprint density at radius 2 is 1.90 bits per heavy atom. The molecule has 1 aliphatic rings. The monoisotopic (exact) mass is 297 g/mol. The van der Waals surface area contributed by atoms with Crippen molar-refractivity contribution in [3.63, 3.8) is 0 Å². The summed E-state index contributed by atoms with van der Waals surface area (Å²) < 4.78 is 11.3. The van der Waals surface area contributed by atoms with Gasteiger partial charge in [0.25, 0.3) is 0 Å². The van der Waals surface area contributed by atoms with E-state index in [0.717, 1.165) is 24.5 Å². The number of alkyl halides is 1. The highest BCUT2D eigenvalue weighted by atomic mass is 35.5. The highest BCUT2D eigenvalue weighted by Gasteiger charge is 2.46. The Morgan fingerprint density at radius 1 is 1.25 bits per heavy atom. The van der Waals surface area contributed by atoms with Gasteiger partial charge in [0, 0.05) is 18.0 Å². The summed E-state index contributed by atoms with van der Waals surface area (Å²) >= 11 is 6.21. The fourth-order valence-electron chi connectivity index (χ4n) is 2.46. The van der Waals surface area contributed by atoms with Gasteiger partial charge in [-0.1, -0.05) is 26.0 Å². The lowest BCUT2D eigenvalue weighted by Gasteiger charge is -2.49. The van der Waals surface area contributed by atoms with Crippen molar-refractivity contribution in [1.29, 1.82) is 0 Å². The molecule has 0 heterocycles. The minimum atomic E-state index is 0.171. The van der Waals surface area contributed by atoms with Crippen LogP contribution in [0.15, 0.2) is 24.3 Å². The standard InChI is InChI=1S/C16H24ClNO2/c1-4-19-12-7-5-6-8-13(12)20-10-9-18-15-11-14(17)16(15,2)3/h5-8,14-15,18H,4,9-11H2,1-3H3. The van der Waals surface area contributed by atoms with Crippen molar-refractivity contribution in [2.24, 2.45) is 5.41 Å². The van der Waals surface area contributed by atoms with Gasteiger partial charge in [-0.2, -0.15) is 0 Å². The molecule has 0 aromatic heterocycles. The van der Waals surface area contributed by atoms with Crippen molar-refractivity contribution in [1.82, 2.24) is 5.32 Å². The lowest BCUT2D eigenvalue weighted by molar-refractivity contribution is 0.112. The van der Waals surface area contributed by atoms with Gasteiger partial charge in [0.05, 0.1) is 6.61 Å². The number of ether oxygens (including phenoxy) is 2. The lowest BCUT2D eigenvalue weighted by Crippen LogP contribution is -2.58. The molecule has 0 aliphatic heterocycles. The average Bonchev–Trinajstić information content (AvgIpc) is 2.44. The molecule has 2 atom stereocenters. The van der Waals surface area contributed by atoms with Crippen LogP contribution in [0, 0.1) is 5.41 Å². The van der Waals surface area contributed by atoms with Crippen LogP contribution in [-0.4, -0.2) is 31.2 Å². The topological polar surface area (TPSA) is 30.5 Å². The average molecular weight is 298 g/mol. The van der Waals surface area contributed by atoms with Crippen molar-refractivity contribution >= 4 is 11.6 Å². The molecule has 4 heteroatoms. The summed E-state index contributed by atoms with van der Waals surface area (Å²) in [5.41, 5.74) is 0.171. The molecule has 0 radical (unpaired) electrons. The molecule has 0 spiro atoms. The maximum atomic E-state index is 6.21. The SMILES string of the molecule is CCOc1ccccc1OCCNC1CC(Cl)C1(C)C. The first kappa shape index (κ1) is 15.5. The minimum Gasteiger partial charge on any atom is -0.490 e. The first-order chi connectivity index (χ1) is 9.55. The second kappa shape index (κ2) is 6.68. The molecule has 1 N–H and O–H groups in total. The van der Waals surface area contributed by atoms with Crippen molar-refractivity contribution in [3.05, 3.63) is 24.3 Å². The third-order valence-corrected chi connectivity index (χ3v) is 4.79. The Morgan fingerprint density at radius 3 is 2.45 bits per heavy atom. The Labute approximate surface area is 126 Å². The Hall–Kier alpha value is -0.930. The van der Waals surface area contributed by atoms with Crippen LogP contribution in [0.1, 0.15) is 27.2 Å². The van der Waals surface area contributed by atoms with Crippen molar-refractivity contribution in [2.45, 2.75) is 38.6 Å². The molecule has 1 saturated carbocycles. The fourth-order valence-corrected chi connectivity index (χ4v) is 2.79. The summed E-state index contributed by atoms with van der Waals surface area (Å²) in [6.45, 7) is 8.47. The van der Waals surface area contributed by atoms with Crippen LogP contribution in [0.25, 0.3) is 0 Å². The largest absolute Gasteiger partial charge is 0.490 e. The summed E-state index contributed by atoms with van der Waals surface area (Å²) in [6.07, 6.45) is 1.03. The number of hydrogen-bond donors (Lipinski definition) is 1. The van der Waals surface area contributed by atoms with Crippen LogP contribution in [0.5, 0.6) is 11.5 Å².